The summed E-state index contributed by atoms with van der Waals surface area (Å²) in [5, 5.41) is 17.8. The third-order valence-corrected chi connectivity index (χ3v) is 6.50. The van der Waals surface area contributed by atoms with Crippen molar-refractivity contribution in [2.75, 3.05) is 26.8 Å². The molecule has 0 radical (unpaired) electrons. The molecule has 0 amide bonds. The maximum Gasteiger partial charge on any atom is 0.123 e. The van der Waals surface area contributed by atoms with Crippen LogP contribution in [0, 0.1) is 28.5 Å². The monoisotopic (exact) mass is 421 g/mol. The minimum absolute atomic E-state index is 0.262. The molecule has 2 aliphatic heterocycles. The highest BCUT2D eigenvalue weighted by atomic mass is 19.1. The molecule has 0 spiro atoms. The number of nitrogens with one attached hydrogen (secondary N) is 1. The summed E-state index contributed by atoms with van der Waals surface area (Å²) < 4.78 is 25.4. The number of fused-ring (bicyclic) bond motifs is 1. The molecule has 2 aliphatic rings. The number of hydrogen-bond acceptors (Lipinski definition) is 4. The first-order chi connectivity index (χ1) is 15.0. The standard InChI is InChI=1S/C25H28FN3O2/c1-29(24(28)19-9-13-30-14-10-19)12-2-11-25(21-4-6-22(26)7-5-21)23-8-3-18(16-27)15-20(23)17-31-25/h3-8,15,19,28H,2,9-14,17H2,1H3. The average Bonchev–Trinajstić information content (AvgIpc) is 3.18. The molecule has 0 aliphatic carbocycles. The number of rotatable bonds is 6. The van der Waals surface area contributed by atoms with Crippen molar-refractivity contribution in [3.05, 3.63) is 70.5 Å². The van der Waals surface area contributed by atoms with Crippen LogP contribution in [-0.2, 0) is 21.7 Å². The largest absolute Gasteiger partial charge is 0.381 e. The van der Waals surface area contributed by atoms with E-state index in [-0.39, 0.29) is 11.7 Å². The van der Waals surface area contributed by atoms with Crippen LogP contribution in [0.3, 0.4) is 0 Å². The van der Waals surface area contributed by atoms with Gasteiger partial charge in [-0.05, 0) is 66.6 Å². The van der Waals surface area contributed by atoms with E-state index in [0.29, 0.717) is 24.4 Å². The van der Waals surface area contributed by atoms with Crippen molar-refractivity contribution in [1.29, 1.82) is 10.7 Å². The van der Waals surface area contributed by atoms with E-state index in [1.807, 2.05) is 30.1 Å². The maximum atomic E-state index is 13.6. The third kappa shape index (κ3) is 4.34. The van der Waals surface area contributed by atoms with Gasteiger partial charge in [-0.3, -0.25) is 5.41 Å². The highest BCUT2D eigenvalue weighted by Crippen LogP contribution is 2.45. The first-order valence-corrected chi connectivity index (χ1v) is 10.8. The summed E-state index contributed by atoms with van der Waals surface area (Å²) in [5.74, 6) is 0.657. The summed E-state index contributed by atoms with van der Waals surface area (Å²) >= 11 is 0. The average molecular weight is 422 g/mol. The molecule has 2 aromatic carbocycles. The molecule has 5 nitrogen and oxygen atoms in total. The summed E-state index contributed by atoms with van der Waals surface area (Å²) in [6.07, 6.45) is 3.34. The van der Waals surface area contributed by atoms with Crippen LogP contribution in [0.4, 0.5) is 4.39 Å². The summed E-state index contributed by atoms with van der Waals surface area (Å²) in [7, 11) is 1.98. The molecule has 4 rings (SSSR count). The second-order valence-corrected chi connectivity index (χ2v) is 8.40. The lowest BCUT2D eigenvalue weighted by Crippen LogP contribution is -2.37. The summed E-state index contributed by atoms with van der Waals surface area (Å²) in [6, 6.07) is 14.4. The van der Waals surface area contributed by atoms with Crippen LogP contribution in [0.2, 0.25) is 0 Å². The van der Waals surface area contributed by atoms with E-state index in [4.69, 9.17) is 14.9 Å². The Morgan fingerprint density at radius 3 is 2.68 bits per heavy atom. The fourth-order valence-electron chi connectivity index (χ4n) is 4.73. The Morgan fingerprint density at radius 2 is 1.97 bits per heavy atom. The van der Waals surface area contributed by atoms with E-state index in [2.05, 4.69) is 6.07 Å². The van der Waals surface area contributed by atoms with Crippen molar-refractivity contribution in [2.45, 2.75) is 37.9 Å². The molecule has 1 N–H and O–H groups in total. The Bertz CT molecular complexity index is 979. The predicted molar refractivity (Wildman–Crippen MR) is 116 cm³/mol. The number of halogens is 1. The third-order valence-electron chi connectivity index (χ3n) is 6.50. The van der Waals surface area contributed by atoms with Crippen LogP contribution in [0.1, 0.15) is 47.9 Å². The molecule has 2 heterocycles. The van der Waals surface area contributed by atoms with Gasteiger partial charge in [0.15, 0.2) is 0 Å². The van der Waals surface area contributed by atoms with Gasteiger partial charge in [0.1, 0.15) is 11.4 Å². The topological polar surface area (TPSA) is 69.3 Å². The van der Waals surface area contributed by atoms with Gasteiger partial charge in [0.25, 0.3) is 0 Å². The van der Waals surface area contributed by atoms with Gasteiger partial charge < -0.3 is 14.4 Å². The minimum atomic E-state index is -0.668. The second kappa shape index (κ2) is 9.17. The van der Waals surface area contributed by atoms with E-state index in [1.165, 1.54) is 12.1 Å². The first-order valence-electron chi connectivity index (χ1n) is 10.8. The Hall–Kier alpha value is -2.75. The number of nitriles is 1. The lowest BCUT2D eigenvalue weighted by atomic mass is 9.81. The first kappa shape index (κ1) is 21.5. The molecule has 31 heavy (non-hydrogen) atoms. The number of hydrogen-bond donors (Lipinski definition) is 1. The van der Waals surface area contributed by atoms with Crippen LogP contribution in [0.25, 0.3) is 0 Å². The fourth-order valence-corrected chi connectivity index (χ4v) is 4.73. The molecule has 1 atom stereocenters. The fraction of sp³-hybridized carbons (Fsp3) is 0.440. The molecule has 1 fully saturated rings. The SMILES string of the molecule is CN(CCCC1(c2ccc(F)cc2)OCc2cc(C#N)ccc21)C(=N)C1CCOCC1. The van der Waals surface area contributed by atoms with Crippen molar-refractivity contribution in [3.63, 3.8) is 0 Å². The zero-order valence-corrected chi connectivity index (χ0v) is 17.9. The molecule has 0 saturated carbocycles. The second-order valence-electron chi connectivity index (χ2n) is 8.40. The lowest BCUT2D eigenvalue weighted by molar-refractivity contribution is -0.0137. The van der Waals surface area contributed by atoms with Gasteiger partial charge in [0.2, 0.25) is 0 Å². The molecule has 0 bridgehead atoms. The van der Waals surface area contributed by atoms with Crippen molar-refractivity contribution in [3.8, 4) is 6.07 Å². The van der Waals surface area contributed by atoms with Gasteiger partial charge in [0.05, 0.1) is 24.1 Å². The number of amidine groups is 1. The lowest BCUT2D eigenvalue weighted by Gasteiger charge is -2.33. The zero-order valence-electron chi connectivity index (χ0n) is 17.9. The Balaban J connectivity index is 1.53. The van der Waals surface area contributed by atoms with Crippen molar-refractivity contribution in [1.82, 2.24) is 4.90 Å². The number of benzene rings is 2. The van der Waals surface area contributed by atoms with Crippen molar-refractivity contribution >= 4 is 5.84 Å². The van der Waals surface area contributed by atoms with E-state index in [1.54, 1.807) is 12.1 Å². The van der Waals surface area contributed by atoms with Crippen LogP contribution < -0.4 is 0 Å². The van der Waals surface area contributed by atoms with Gasteiger partial charge in [-0.1, -0.05) is 18.2 Å². The zero-order chi connectivity index (χ0) is 21.8. The summed E-state index contributed by atoms with van der Waals surface area (Å²) in [6.45, 7) is 2.62. The highest BCUT2D eigenvalue weighted by Gasteiger charge is 2.41. The molecule has 6 heteroatoms. The molecular weight excluding hydrogens is 393 g/mol. The molecule has 1 unspecified atom stereocenters. The van der Waals surface area contributed by atoms with Crippen molar-refractivity contribution < 1.29 is 13.9 Å². The van der Waals surface area contributed by atoms with E-state index >= 15 is 0 Å². The van der Waals surface area contributed by atoms with Gasteiger partial charge >= 0.3 is 0 Å². The number of nitrogens with zero attached hydrogens (tertiary/aromatic N) is 2. The number of ether oxygens (including phenoxy) is 2. The van der Waals surface area contributed by atoms with E-state index < -0.39 is 5.60 Å². The quantitative estimate of drug-likeness (QED) is 0.547. The van der Waals surface area contributed by atoms with Crippen LogP contribution >= 0.6 is 0 Å². The van der Waals surface area contributed by atoms with Gasteiger partial charge in [-0.15, -0.1) is 0 Å². The molecule has 2 aromatic rings. The van der Waals surface area contributed by atoms with E-state index in [9.17, 15) is 9.65 Å². The maximum absolute atomic E-state index is 13.6. The normalized spacial score (nSPS) is 20.8. The van der Waals surface area contributed by atoms with Gasteiger partial charge in [-0.2, -0.15) is 5.26 Å². The Kier molecular flexibility index (Phi) is 6.35. The summed E-state index contributed by atoms with van der Waals surface area (Å²) in [4.78, 5) is 2.03. The molecular formula is C25H28FN3O2. The van der Waals surface area contributed by atoms with E-state index in [0.717, 1.165) is 55.7 Å². The van der Waals surface area contributed by atoms with Gasteiger partial charge in [-0.25, -0.2) is 4.39 Å². The Morgan fingerprint density at radius 1 is 1.23 bits per heavy atom. The van der Waals surface area contributed by atoms with Gasteiger partial charge in [0, 0.05) is 32.7 Å². The molecule has 162 valence electrons. The van der Waals surface area contributed by atoms with Crippen LogP contribution in [0.15, 0.2) is 42.5 Å². The predicted octanol–water partition coefficient (Wildman–Crippen LogP) is 4.59. The summed E-state index contributed by atoms with van der Waals surface area (Å²) in [5.41, 5.74) is 2.91. The minimum Gasteiger partial charge on any atom is -0.381 e. The Labute approximate surface area is 182 Å². The smallest absolute Gasteiger partial charge is 0.123 e. The van der Waals surface area contributed by atoms with Crippen LogP contribution in [-0.4, -0.2) is 37.5 Å². The van der Waals surface area contributed by atoms with Crippen LogP contribution in [0.5, 0.6) is 0 Å². The molecule has 0 aromatic heterocycles. The highest BCUT2D eigenvalue weighted by molar-refractivity contribution is 5.81. The van der Waals surface area contributed by atoms with Crippen molar-refractivity contribution in [2.24, 2.45) is 5.92 Å². The molecule has 1 saturated heterocycles.